The highest BCUT2D eigenvalue weighted by atomic mass is 16.5. The van der Waals surface area contributed by atoms with E-state index in [2.05, 4.69) is 15.2 Å². The molecule has 1 aliphatic rings. The van der Waals surface area contributed by atoms with Crippen molar-refractivity contribution in [2.24, 2.45) is 0 Å². The Kier molecular flexibility index (Phi) is 9.76. The number of amides is 2. The van der Waals surface area contributed by atoms with E-state index < -0.39 is 5.97 Å². The molecular weight excluding hydrogens is 544 g/mol. The van der Waals surface area contributed by atoms with Crippen molar-refractivity contribution < 1.29 is 24.2 Å². The van der Waals surface area contributed by atoms with Crippen LogP contribution in [0.1, 0.15) is 27.9 Å². The number of carboxylic acid groups (broad SMARTS) is 1. The van der Waals surface area contributed by atoms with Crippen LogP contribution >= 0.6 is 0 Å². The molecule has 9 heteroatoms. The van der Waals surface area contributed by atoms with Gasteiger partial charge in [0.15, 0.2) is 0 Å². The first-order valence-corrected chi connectivity index (χ1v) is 14.3. The van der Waals surface area contributed by atoms with E-state index in [-0.39, 0.29) is 37.7 Å². The van der Waals surface area contributed by atoms with E-state index in [9.17, 15) is 19.5 Å². The first-order valence-electron chi connectivity index (χ1n) is 14.3. The zero-order valence-electron chi connectivity index (χ0n) is 23.8. The number of pyridine rings is 1. The van der Waals surface area contributed by atoms with Crippen molar-refractivity contribution in [1.82, 2.24) is 9.88 Å². The van der Waals surface area contributed by atoms with Gasteiger partial charge in [-0.05, 0) is 52.6 Å². The first kappa shape index (κ1) is 29.5. The summed E-state index contributed by atoms with van der Waals surface area (Å²) < 4.78 is 5.54. The predicted molar refractivity (Wildman–Crippen MR) is 165 cm³/mol. The average molecular weight is 579 g/mol. The van der Waals surface area contributed by atoms with Crippen LogP contribution in [0.5, 0.6) is 0 Å². The molecule has 1 saturated heterocycles. The Labute approximate surface area is 250 Å². The summed E-state index contributed by atoms with van der Waals surface area (Å²) >= 11 is 0. The lowest BCUT2D eigenvalue weighted by atomic mass is 10.0. The van der Waals surface area contributed by atoms with Gasteiger partial charge in [0.2, 0.25) is 5.91 Å². The molecule has 0 atom stereocenters. The number of aromatic nitrogens is 1. The van der Waals surface area contributed by atoms with Gasteiger partial charge < -0.3 is 25.0 Å². The van der Waals surface area contributed by atoms with Crippen molar-refractivity contribution in [3.63, 3.8) is 0 Å². The van der Waals surface area contributed by atoms with Gasteiger partial charge >= 0.3 is 5.97 Å². The second-order valence-corrected chi connectivity index (χ2v) is 10.4. The van der Waals surface area contributed by atoms with E-state index in [1.807, 2.05) is 72.8 Å². The van der Waals surface area contributed by atoms with Crippen LogP contribution in [0.2, 0.25) is 0 Å². The Morgan fingerprint density at radius 3 is 2.40 bits per heavy atom. The van der Waals surface area contributed by atoms with Crippen molar-refractivity contribution in [2.75, 3.05) is 43.1 Å². The van der Waals surface area contributed by atoms with E-state index in [1.54, 1.807) is 18.3 Å². The van der Waals surface area contributed by atoms with Crippen LogP contribution in [-0.4, -0.2) is 65.6 Å². The number of carbonyl (C=O) groups is 3. The third-order valence-corrected chi connectivity index (χ3v) is 7.25. The summed E-state index contributed by atoms with van der Waals surface area (Å²) in [4.78, 5) is 45.4. The van der Waals surface area contributed by atoms with E-state index >= 15 is 0 Å². The third kappa shape index (κ3) is 8.05. The van der Waals surface area contributed by atoms with E-state index in [4.69, 9.17) is 4.74 Å². The van der Waals surface area contributed by atoms with Crippen molar-refractivity contribution in [3.8, 4) is 11.1 Å². The van der Waals surface area contributed by atoms with Crippen molar-refractivity contribution in [2.45, 2.75) is 19.4 Å². The van der Waals surface area contributed by atoms with Crippen LogP contribution < -0.4 is 10.2 Å². The van der Waals surface area contributed by atoms with Gasteiger partial charge in [-0.2, -0.15) is 0 Å². The summed E-state index contributed by atoms with van der Waals surface area (Å²) in [5, 5.41) is 12.4. The molecule has 0 radical (unpaired) electrons. The summed E-state index contributed by atoms with van der Waals surface area (Å²) in [7, 11) is 0. The third-order valence-electron chi connectivity index (χ3n) is 7.25. The Morgan fingerprint density at radius 1 is 0.884 bits per heavy atom. The fourth-order valence-corrected chi connectivity index (χ4v) is 5.10. The number of ether oxygens (including phenoxy) is 1. The molecule has 0 bridgehead atoms. The number of hydrogen-bond acceptors (Lipinski definition) is 6. The smallest absolute Gasteiger partial charge is 0.305 e. The minimum absolute atomic E-state index is 0.0686. The van der Waals surface area contributed by atoms with Gasteiger partial charge in [0.1, 0.15) is 0 Å². The SMILES string of the molecule is O=C(O)CCN(Cc1cccc(-c2ccc(N3CCOCC3)c(NC(=O)Cc3ccccc3)c2)c1)C(=O)c1cccnc1. The second-order valence-electron chi connectivity index (χ2n) is 10.4. The molecule has 1 fully saturated rings. The first-order chi connectivity index (χ1) is 21.0. The highest BCUT2D eigenvalue weighted by Gasteiger charge is 2.20. The monoisotopic (exact) mass is 578 g/mol. The van der Waals surface area contributed by atoms with Gasteiger partial charge in [0.05, 0.1) is 43.0 Å². The van der Waals surface area contributed by atoms with Crippen LogP contribution in [-0.2, 0) is 27.3 Å². The molecule has 3 aromatic carbocycles. The van der Waals surface area contributed by atoms with E-state index in [0.29, 0.717) is 18.8 Å². The molecule has 220 valence electrons. The number of benzene rings is 3. The van der Waals surface area contributed by atoms with Crippen molar-refractivity contribution in [3.05, 3.63) is 114 Å². The predicted octanol–water partition coefficient (Wildman–Crippen LogP) is 4.88. The van der Waals surface area contributed by atoms with Gasteiger partial charge in [-0.3, -0.25) is 19.4 Å². The Balaban J connectivity index is 1.40. The molecule has 0 saturated carbocycles. The highest BCUT2D eigenvalue weighted by Crippen LogP contribution is 2.33. The van der Waals surface area contributed by atoms with Crippen LogP contribution in [0.25, 0.3) is 11.1 Å². The van der Waals surface area contributed by atoms with Crippen LogP contribution in [0, 0.1) is 0 Å². The van der Waals surface area contributed by atoms with E-state index in [0.717, 1.165) is 46.7 Å². The Bertz CT molecular complexity index is 1560. The zero-order chi connectivity index (χ0) is 30.0. The lowest BCUT2D eigenvalue weighted by Gasteiger charge is -2.31. The van der Waals surface area contributed by atoms with Gasteiger partial charge in [-0.1, -0.05) is 54.6 Å². The maximum absolute atomic E-state index is 13.2. The maximum atomic E-state index is 13.2. The number of carboxylic acids is 1. The van der Waals surface area contributed by atoms with Crippen LogP contribution in [0.3, 0.4) is 0 Å². The largest absolute Gasteiger partial charge is 0.481 e. The molecule has 0 unspecified atom stereocenters. The number of nitrogens with one attached hydrogen (secondary N) is 1. The fraction of sp³-hybridized carbons (Fsp3) is 0.235. The molecule has 1 aromatic heterocycles. The standard InChI is InChI=1S/C34H34N4O5/c39-32(21-25-6-2-1-3-7-25)36-30-22-28(11-12-31(30)37-16-18-43-19-17-37)27-9-4-8-26(20-27)24-38(15-13-33(40)41)34(42)29-10-5-14-35-23-29/h1-12,14,20,22-23H,13,15-19,21,24H2,(H,36,39)(H,40,41). The lowest BCUT2D eigenvalue weighted by Crippen LogP contribution is -2.36. The number of hydrogen-bond donors (Lipinski definition) is 2. The number of carbonyl (C=O) groups excluding carboxylic acids is 2. The summed E-state index contributed by atoms with van der Waals surface area (Å²) in [6.45, 7) is 3.01. The molecule has 43 heavy (non-hydrogen) atoms. The summed E-state index contributed by atoms with van der Waals surface area (Å²) in [6.07, 6.45) is 3.17. The Hall–Kier alpha value is -5.02. The maximum Gasteiger partial charge on any atom is 0.305 e. The van der Waals surface area contributed by atoms with Gasteiger partial charge in [-0.15, -0.1) is 0 Å². The molecule has 2 amide bonds. The number of anilines is 2. The molecule has 4 aromatic rings. The van der Waals surface area contributed by atoms with E-state index in [1.165, 1.54) is 11.1 Å². The summed E-state index contributed by atoms with van der Waals surface area (Å²) in [5.41, 5.74) is 5.67. The normalized spacial score (nSPS) is 12.9. The molecule has 2 N–H and O–H groups in total. The van der Waals surface area contributed by atoms with Gasteiger partial charge in [-0.25, -0.2) is 0 Å². The molecule has 9 nitrogen and oxygen atoms in total. The second kappa shape index (κ2) is 14.2. The number of rotatable bonds is 11. The number of morpholine rings is 1. The molecule has 0 aliphatic carbocycles. The van der Waals surface area contributed by atoms with Gasteiger partial charge in [0, 0.05) is 38.6 Å². The van der Waals surface area contributed by atoms with Crippen LogP contribution in [0.15, 0.2) is 97.3 Å². The minimum Gasteiger partial charge on any atom is -0.481 e. The zero-order valence-corrected chi connectivity index (χ0v) is 23.8. The van der Waals surface area contributed by atoms with Crippen molar-refractivity contribution in [1.29, 1.82) is 0 Å². The average Bonchev–Trinajstić information content (AvgIpc) is 3.04. The summed E-state index contributed by atoms with van der Waals surface area (Å²) in [6, 6.07) is 26.8. The topological polar surface area (TPSA) is 112 Å². The molecule has 2 heterocycles. The Morgan fingerprint density at radius 2 is 1.65 bits per heavy atom. The van der Waals surface area contributed by atoms with Crippen LogP contribution in [0.4, 0.5) is 11.4 Å². The fourth-order valence-electron chi connectivity index (χ4n) is 5.10. The molecular formula is C34H34N4O5. The number of nitrogens with zero attached hydrogens (tertiary/aromatic N) is 3. The van der Waals surface area contributed by atoms with Gasteiger partial charge in [0.25, 0.3) is 5.91 Å². The molecule has 5 rings (SSSR count). The quantitative estimate of drug-likeness (QED) is 0.261. The van der Waals surface area contributed by atoms with Crippen molar-refractivity contribution >= 4 is 29.2 Å². The lowest BCUT2D eigenvalue weighted by molar-refractivity contribution is -0.137. The number of aliphatic carboxylic acids is 1. The summed E-state index contributed by atoms with van der Waals surface area (Å²) in [5.74, 6) is -1.35. The minimum atomic E-state index is -0.972. The highest BCUT2D eigenvalue weighted by molar-refractivity contribution is 5.97. The molecule has 1 aliphatic heterocycles. The molecule has 0 spiro atoms.